The molecule has 0 aliphatic rings. The van der Waals surface area contributed by atoms with Crippen molar-refractivity contribution < 1.29 is 9.53 Å². The second-order valence-electron chi connectivity index (χ2n) is 5.86. The Morgan fingerprint density at radius 2 is 1.82 bits per heavy atom. The molecule has 2 aromatic heterocycles. The quantitative estimate of drug-likeness (QED) is 0.421. The van der Waals surface area contributed by atoms with Crippen molar-refractivity contribution in [1.82, 2.24) is 9.97 Å². The minimum atomic E-state index is -0.713. The van der Waals surface area contributed by atoms with Crippen molar-refractivity contribution in [3.05, 3.63) is 70.1 Å². The molecule has 1 atom stereocenters. The van der Waals surface area contributed by atoms with E-state index in [4.69, 9.17) is 33.7 Å². The van der Waals surface area contributed by atoms with Gasteiger partial charge in [0.2, 0.25) is 0 Å². The lowest BCUT2D eigenvalue weighted by Crippen LogP contribution is -2.32. The summed E-state index contributed by atoms with van der Waals surface area (Å²) in [6.07, 6.45) is 2.89. The number of hydrogen-bond donors (Lipinski definition) is 1. The summed E-state index contributed by atoms with van der Waals surface area (Å²) in [5, 5.41) is 1.56. The predicted octanol–water partition coefficient (Wildman–Crippen LogP) is 4.78. The van der Waals surface area contributed by atoms with Gasteiger partial charge in [-0.05, 0) is 48.2 Å². The van der Waals surface area contributed by atoms with Crippen molar-refractivity contribution in [1.29, 1.82) is 0 Å². The van der Waals surface area contributed by atoms with Crippen LogP contribution in [0.3, 0.4) is 0 Å². The van der Waals surface area contributed by atoms with E-state index in [0.717, 1.165) is 16.5 Å². The zero-order chi connectivity index (χ0) is 18.5. The summed E-state index contributed by atoms with van der Waals surface area (Å²) >= 11 is 11.7. The third-order valence-corrected chi connectivity index (χ3v) is 4.35. The van der Waals surface area contributed by atoms with Gasteiger partial charge < -0.3 is 10.5 Å². The van der Waals surface area contributed by atoms with Crippen LogP contribution in [0.1, 0.15) is 17.5 Å². The van der Waals surface area contributed by atoms with Gasteiger partial charge >= 0.3 is 5.97 Å². The maximum atomic E-state index is 12.1. The number of carbonyl (C=O) groups is 1. The molecule has 2 N–H and O–H groups in total. The van der Waals surface area contributed by atoms with E-state index >= 15 is 0 Å². The van der Waals surface area contributed by atoms with Crippen LogP contribution in [0.4, 0.5) is 0 Å². The van der Waals surface area contributed by atoms with E-state index in [0.29, 0.717) is 18.4 Å². The van der Waals surface area contributed by atoms with Gasteiger partial charge in [0.25, 0.3) is 0 Å². The molecule has 3 rings (SSSR count). The van der Waals surface area contributed by atoms with E-state index in [1.54, 1.807) is 18.3 Å². The Kier molecular flexibility index (Phi) is 9.93. The number of benzene rings is 1. The molecule has 0 saturated heterocycles. The van der Waals surface area contributed by atoms with Gasteiger partial charge in [-0.25, -0.2) is 4.98 Å². The summed E-state index contributed by atoms with van der Waals surface area (Å²) < 4.78 is 5.25. The number of rotatable bonds is 6. The molecule has 3 aromatic rings. The first-order valence-corrected chi connectivity index (χ1v) is 8.85. The highest BCUT2D eigenvalue weighted by Gasteiger charge is 2.16. The van der Waals surface area contributed by atoms with Crippen molar-refractivity contribution >= 4 is 64.9 Å². The third kappa shape index (κ3) is 6.47. The van der Waals surface area contributed by atoms with E-state index in [-0.39, 0.29) is 41.7 Å². The van der Waals surface area contributed by atoms with Crippen molar-refractivity contribution in [2.24, 2.45) is 5.73 Å². The van der Waals surface area contributed by atoms with Crippen LogP contribution in [0.15, 0.2) is 48.7 Å². The molecule has 0 radical (unpaired) electrons. The molecule has 9 heteroatoms. The van der Waals surface area contributed by atoms with Crippen molar-refractivity contribution in [2.75, 3.05) is 0 Å². The maximum Gasteiger partial charge on any atom is 0.323 e. The number of aryl methyl sites for hydroxylation is 1. The fourth-order valence-electron chi connectivity index (χ4n) is 2.67. The van der Waals surface area contributed by atoms with Gasteiger partial charge in [-0.3, -0.25) is 9.78 Å². The molecule has 0 aliphatic carbocycles. The van der Waals surface area contributed by atoms with E-state index in [1.807, 2.05) is 30.3 Å². The Morgan fingerprint density at radius 1 is 1.11 bits per heavy atom. The summed E-state index contributed by atoms with van der Waals surface area (Å²) in [5.41, 5.74) is 8.67. The van der Waals surface area contributed by atoms with Crippen LogP contribution >= 0.6 is 48.0 Å². The molecule has 0 aliphatic heterocycles. The number of ether oxygens (including phenoxy) is 1. The standard InChI is InChI=1S/C19H17Cl2N3O2.2ClH/c20-17-9-12(10-18(21)24-17)11-26-19(25)15(22)7-6-13-3-1-5-16-14(13)4-2-8-23-16;;/h1-5,8-10,15H,6-7,11,22H2;2*1H/t15-;;/m0../s1. The molecule has 5 nitrogen and oxygen atoms in total. The number of aromatic nitrogens is 2. The predicted molar refractivity (Wildman–Crippen MR) is 117 cm³/mol. The molecule has 0 spiro atoms. The van der Waals surface area contributed by atoms with Gasteiger partial charge in [-0.2, -0.15) is 0 Å². The third-order valence-electron chi connectivity index (χ3n) is 3.97. The minimum absolute atomic E-state index is 0. The SMILES string of the molecule is Cl.Cl.N[C@@H](CCc1cccc2ncccc12)C(=O)OCc1cc(Cl)nc(Cl)c1. The average molecular weight is 463 g/mol. The Balaban J connectivity index is 0.00000196. The van der Waals surface area contributed by atoms with Crippen molar-refractivity contribution in [3.8, 4) is 0 Å². The van der Waals surface area contributed by atoms with Gasteiger partial charge in [-0.1, -0.05) is 41.4 Å². The zero-order valence-corrected chi connectivity index (χ0v) is 17.8. The average Bonchev–Trinajstić information content (AvgIpc) is 2.63. The smallest absolute Gasteiger partial charge is 0.323 e. The van der Waals surface area contributed by atoms with Crippen LogP contribution in [-0.4, -0.2) is 22.0 Å². The van der Waals surface area contributed by atoms with Crippen LogP contribution < -0.4 is 5.73 Å². The van der Waals surface area contributed by atoms with E-state index in [1.165, 1.54) is 0 Å². The van der Waals surface area contributed by atoms with E-state index in [9.17, 15) is 4.79 Å². The molecule has 0 saturated carbocycles. The largest absolute Gasteiger partial charge is 0.460 e. The maximum absolute atomic E-state index is 12.1. The number of carbonyl (C=O) groups excluding carboxylic acids is 1. The Labute approximate surface area is 185 Å². The monoisotopic (exact) mass is 461 g/mol. The topological polar surface area (TPSA) is 78.1 Å². The molecule has 150 valence electrons. The van der Waals surface area contributed by atoms with Gasteiger partial charge in [0.15, 0.2) is 0 Å². The lowest BCUT2D eigenvalue weighted by molar-refractivity contribution is -0.146. The van der Waals surface area contributed by atoms with Gasteiger partial charge in [0.05, 0.1) is 5.52 Å². The molecule has 28 heavy (non-hydrogen) atoms. The second-order valence-corrected chi connectivity index (χ2v) is 6.64. The molecule has 0 fully saturated rings. The minimum Gasteiger partial charge on any atom is -0.460 e. The molecule has 0 amide bonds. The molecule has 0 unspecified atom stereocenters. The normalized spacial score (nSPS) is 11.2. The van der Waals surface area contributed by atoms with Crippen LogP contribution in [-0.2, 0) is 22.6 Å². The molecular weight excluding hydrogens is 444 g/mol. The zero-order valence-electron chi connectivity index (χ0n) is 14.7. The summed E-state index contributed by atoms with van der Waals surface area (Å²) in [4.78, 5) is 20.3. The fourth-order valence-corrected chi connectivity index (χ4v) is 3.18. The molecule has 2 heterocycles. The van der Waals surface area contributed by atoms with Crippen LogP contribution in [0.2, 0.25) is 10.3 Å². The number of nitrogens with zero attached hydrogens (tertiary/aromatic N) is 2. The van der Waals surface area contributed by atoms with Gasteiger partial charge in [0, 0.05) is 11.6 Å². The van der Waals surface area contributed by atoms with E-state index in [2.05, 4.69) is 9.97 Å². The van der Waals surface area contributed by atoms with Gasteiger partial charge in [-0.15, -0.1) is 24.8 Å². The fraction of sp³-hybridized carbons (Fsp3) is 0.211. The Hall–Kier alpha value is -1.63. The first-order valence-electron chi connectivity index (χ1n) is 8.10. The number of pyridine rings is 2. The number of nitrogens with two attached hydrogens (primary N) is 1. The molecule has 0 bridgehead atoms. The van der Waals surface area contributed by atoms with Crippen LogP contribution in [0.5, 0.6) is 0 Å². The number of hydrogen-bond acceptors (Lipinski definition) is 5. The first-order chi connectivity index (χ1) is 12.5. The van der Waals surface area contributed by atoms with Gasteiger partial charge in [0.1, 0.15) is 23.0 Å². The highest BCUT2D eigenvalue weighted by molar-refractivity contribution is 6.32. The highest BCUT2D eigenvalue weighted by Crippen LogP contribution is 2.19. The second kappa shape index (κ2) is 11.4. The Morgan fingerprint density at radius 3 is 2.54 bits per heavy atom. The summed E-state index contributed by atoms with van der Waals surface area (Å²) in [6.45, 7) is 0.0483. The summed E-state index contributed by atoms with van der Waals surface area (Å²) in [6, 6.07) is 12.3. The first kappa shape index (κ1) is 24.4. The summed E-state index contributed by atoms with van der Waals surface area (Å²) in [7, 11) is 0. The number of halogens is 4. The van der Waals surface area contributed by atoms with Crippen LogP contribution in [0.25, 0.3) is 10.9 Å². The van der Waals surface area contributed by atoms with E-state index < -0.39 is 12.0 Å². The molecule has 1 aromatic carbocycles. The highest BCUT2D eigenvalue weighted by atomic mass is 35.5. The van der Waals surface area contributed by atoms with Crippen LogP contribution in [0, 0.1) is 0 Å². The molecular formula is C19H19Cl4N3O2. The lowest BCUT2D eigenvalue weighted by atomic mass is 10.0. The van der Waals surface area contributed by atoms with Crippen molar-refractivity contribution in [2.45, 2.75) is 25.5 Å². The van der Waals surface area contributed by atoms with Crippen molar-refractivity contribution in [3.63, 3.8) is 0 Å². The number of esters is 1. The summed E-state index contributed by atoms with van der Waals surface area (Å²) in [5.74, 6) is -0.465. The Bertz CT molecular complexity index is 914. The lowest BCUT2D eigenvalue weighted by Gasteiger charge is -2.12. The number of fused-ring (bicyclic) bond motifs is 1.